The van der Waals surface area contributed by atoms with E-state index >= 15 is 0 Å². The Morgan fingerprint density at radius 1 is 1.05 bits per heavy atom. The van der Waals surface area contributed by atoms with Crippen molar-refractivity contribution in [3.05, 3.63) is 28.6 Å². The van der Waals surface area contributed by atoms with Crippen LogP contribution in [0.5, 0.6) is 0 Å². The maximum atomic E-state index is 5.90. The summed E-state index contributed by atoms with van der Waals surface area (Å²) in [6, 6.07) is 0. The van der Waals surface area contributed by atoms with Crippen molar-refractivity contribution in [1.29, 1.82) is 0 Å². The van der Waals surface area contributed by atoms with E-state index in [0.29, 0.717) is 15.8 Å². The van der Waals surface area contributed by atoms with Gasteiger partial charge >= 0.3 is 0 Å². The summed E-state index contributed by atoms with van der Waals surface area (Å²) in [5.41, 5.74) is 4.29. The number of hydrogen-bond donors (Lipinski definition) is 1. The monoisotopic (exact) mass is 306 g/mol. The summed E-state index contributed by atoms with van der Waals surface area (Å²) in [5, 5.41) is 1.46. The first-order chi connectivity index (χ1) is 9.54. The number of hydrogen-bond acceptors (Lipinski definition) is 6. The largest absolute Gasteiger partial charge is 0.341 e. The zero-order valence-corrected chi connectivity index (χ0v) is 12.7. The van der Waals surface area contributed by atoms with Crippen molar-refractivity contribution < 1.29 is 0 Å². The van der Waals surface area contributed by atoms with Crippen LogP contribution in [0.2, 0.25) is 5.28 Å². The third-order valence-electron chi connectivity index (χ3n) is 3.03. The van der Waals surface area contributed by atoms with Crippen LogP contribution in [-0.2, 0) is 0 Å². The van der Waals surface area contributed by atoms with Crippen LogP contribution in [0.15, 0.2) is 16.5 Å². The van der Waals surface area contributed by atoms with Crippen LogP contribution in [0.3, 0.4) is 0 Å². The summed E-state index contributed by atoms with van der Waals surface area (Å²) in [7, 11) is 0. The number of aromatic nitrogens is 6. The second kappa shape index (κ2) is 4.99. The van der Waals surface area contributed by atoms with Gasteiger partial charge in [0.25, 0.3) is 0 Å². The summed E-state index contributed by atoms with van der Waals surface area (Å²) < 4.78 is 0. The van der Waals surface area contributed by atoms with Crippen LogP contribution in [0.4, 0.5) is 0 Å². The number of nitrogens with one attached hydrogen (secondary N) is 1. The van der Waals surface area contributed by atoms with Gasteiger partial charge in [-0.25, -0.2) is 19.9 Å². The molecule has 0 fully saturated rings. The zero-order valence-electron chi connectivity index (χ0n) is 11.1. The average Bonchev–Trinajstić information content (AvgIpc) is 2.84. The summed E-state index contributed by atoms with van der Waals surface area (Å²) in [5.74, 6) is 0. The van der Waals surface area contributed by atoms with Crippen LogP contribution in [0, 0.1) is 20.8 Å². The molecule has 3 heterocycles. The van der Waals surface area contributed by atoms with Crippen LogP contribution in [0.1, 0.15) is 17.0 Å². The molecule has 0 aliphatic rings. The minimum atomic E-state index is 0.160. The Kier molecular flexibility index (Phi) is 3.31. The molecule has 0 unspecified atom stereocenters. The van der Waals surface area contributed by atoms with Crippen molar-refractivity contribution in [3.8, 4) is 0 Å². The van der Waals surface area contributed by atoms with Gasteiger partial charge in [0.1, 0.15) is 10.5 Å². The number of imidazole rings is 1. The molecule has 0 saturated carbocycles. The van der Waals surface area contributed by atoms with E-state index in [9.17, 15) is 0 Å². The molecule has 0 aromatic carbocycles. The van der Waals surface area contributed by atoms with E-state index in [1.165, 1.54) is 11.8 Å². The molecule has 3 rings (SSSR count). The lowest BCUT2D eigenvalue weighted by Gasteiger charge is -2.06. The number of fused-ring (bicyclic) bond motifs is 1. The summed E-state index contributed by atoms with van der Waals surface area (Å²) in [6.45, 7) is 5.94. The Balaban J connectivity index is 2.07. The summed E-state index contributed by atoms with van der Waals surface area (Å²) in [4.78, 5) is 24.3. The minimum absolute atomic E-state index is 0.160. The molecule has 3 aromatic rings. The van der Waals surface area contributed by atoms with E-state index < -0.39 is 0 Å². The number of halogens is 1. The van der Waals surface area contributed by atoms with Crippen molar-refractivity contribution in [1.82, 2.24) is 29.9 Å². The standard InChI is InChI=1S/C12H11ClN6S/c1-5-6(2)16-12(17-7(5)3)20-10-8-9(15-4-14-8)18-11(13)19-10/h4H,1-3H3,(H,14,15,18,19). The van der Waals surface area contributed by atoms with E-state index in [4.69, 9.17) is 11.6 Å². The highest BCUT2D eigenvalue weighted by Crippen LogP contribution is 2.29. The van der Waals surface area contributed by atoms with Crippen LogP contribution >= 0.6 is 23.4 Å². The van der Waals surface area contributed by atoms with Crippen LogP contribution in [-0.4, -0.2) is 29.9 Å². The van der Waals surface area contributed by atoms with Gasteiger partial charge in [0.2, 0.25) is 5.28 Å². The number of aryl methyl sites for hydroxylation is 2. The van der Waals surface area contributed by atoms with Crippen LogP contribution in [0.25, 0.3) is 11.2 Å². The number of H-pyrrole nitrogens is 1. The smallest absolute Gasteiger partial charge is 0.225 e. The molecule has 6 nitrogen and oxygen atoms in total. The Morgan fingerprint density at radius 2 is 1.75 bits per heavy atom. The fourth-order valence-corrected chi connectivity index (χ4v) is 2.87. The molecule has 3 aromatic heterocycles. The molecule has 0 atom stereocenters. The molecule has 102 valence electrons. The zero-order chi connectivity index (χ0) is 14.3. The van der Waals surface area contributed by atoms with Crippen molar-refractivity contribution in [3.63, 3.8) is 0 Å². The molecular weight excluding hydrogens is 296 g/mol. The second-order valence-electron chi connectivity index (χ2n) is 4.30. The summed E-state index contributed by atoms with van der Waals surface area (Å²) >= 11 is 7.25. The molecule has 0 spiro atoms. The van der Waals surface area contributed by atoms with Crippen molar-refractivity contribution >= 4 is 34.5 Å². The lowest BCUT2D eigenvalue weighted by molar-refractivity contribution is 0.878. The van der Waals surface area contributed by atoms with E-state index in [-0.39, 0.29) is 5.28 Å². The second-order valence-corrected chi connectivity index (χ2v) is 5.60. The highest BCUT2D eigenvalue weighted by atomic mass is 35.5. The predicted molar refractivity (Wildman–Crippen MR) is 77.1 cm³/mol. The van der Waals surface area contributed by atoms with Gasteiger partial charge in [-0.2, -0.15) is 4.98 Å². The first-order valence-electron chi connectivity index (χ1n) is 5.91. The summed E-state index contributed by atoms with van der Waals surface area (Å²) in [6.07, 6.45) is 1.56. The van der Waals surface area contributed by atoms with Crippen LogP contribution < -0.4 is 0 Å². The lowest BCUT2D eigenvalue weighted by atomic mass is 10.2. The van der Waals surface area contributed by atoms with Gasteiger partial charge in [0, 0.05) is 11.4 Å². The van der Waals surface area contributed by atoms with Gasteiger partial charge in [-0.3, -0.25) is 0 Å². The molecule has 20 heavy (non-hydrogen) atoms. The van der Waals surface area contributed by atoms with E-state index in [1.54, 1.807) is 6.33 Å². The Morgan fingerprint density at radius 3 is 2.45 bits per heavy atom. The molecule has 0 amide bonds. The molecule has 0 radical (unpaired) electrons. The molecule has 8 heteroatoms. The molecule has 0 aliphatic carbocycles. The first kappa shape index (κ1) is 13.3. The van der Waals surface area contributed by atoms with Gasteiger partial charge in [0.15, 0.2) is 10.8 Å². The Hall–Kier alpha value is -1.73. The number of aromatic amines is 1. The van der Waals surface area contributed by atoms with Gasteiger partial charge in [-0.1, -0.05) is 0 Å². The SMILES string of the molecule is Cc1nc(Sc2nc(Cl)nc3nc[nH]c23)nc(C)c1C. The topological polar surface area (TPSA) is 80.2 Å². The normalized spacial score (nSPS) is 11.2. The predicted octanol–water partition coefficient (Wildman–Crippen LogP) is 2.87. The lowest BCUT2D eigenvalue weighted by Crippen LogP contribution is -1.98. The molecule has 0 saturated heterocycles. The highest BCUT2D eigenvalue weighted by molar-refractivity contribution is 7.99. The molecular formula is C12H11ClN6S. The van der Waals surface area contributed by atoms with Gasteiger partial charge in [-0.15, -0.1) is 0 Å². The third kappa shape index (κ3) is 2.34. The van der Waals surface area contributed by atoms with E-state index in [1.807, 2.05) is 20.8 Å². The fraction of sp³-hybridized carbons (Fsp3) is 0.250. The van der Waals surface area contributed by atoms with E-state index in [2.05, 4.69) is 29.9 Å². The minimum Gasteiger partial charge on any atom is -0.341 e. The van der Waals surface area contributed by atoms with Crippen molar-refractivity contribution in [2.75, 3.05) is 0 Å². The Bertz CT molecular complexity index is 777. The Labute approximate surface area is 124 Å². The van der Waals surface area contributed by atoms with E-state index in [0.717, 1.165) is 22.5 Å². The maximum absolute atomic E-state index is 5.90. The quantitative estimate of drug-likeness (QED) is 0.579. The number of nitrogens with zero attached hydrogens (tertiary/aromatic N) is 5. The van der Waals surface area contributed by atoms with Gasteiger partial charge < -0.3 is 4.98 Å². The molecule has 1 N–H and O–H groups in total. The highest BCUT2D eigenvalue weighted by Gasteiger charge is 2.13. The third-order valence-corrected chi connectivity index (χ3v) is 4.05. The van der Waals surface area contributed by atoms with Gasteiger partial charge in [0.05, 0.1) is 6.33 Å². The van der Waals surface area contributed by atoms with Crippen molar-refractivity contribution in [2.45, 2.75) is 31.0 Å². The first-order valence-corrected chi connectivity index (χ1v) is 7.10. The van der Waals surface area contributed by atoms with Gasteiger partial charge in [-0.05, 0) is 49.7 Å². The molecule has 0 bridgehead atoms. The number of rotatable bonds is 2. The van der Waals surface area contributed by atoms with Crippen molar-refractivity contribution in [2.24, 2.45) is 0 Å². The average molecular weight is 307 g/mol. The maximum Gasteiger partial charge on any atom is 0.225 e. The fourth-order valence-electron chi connectivity index (χ4n) is 1.73. The molecule has 0 aliphatic heterocycles.